The maximum absolute atomic E-state index is 12.5. The zero-order valence-corrected chi connectivity index (χ0v) is 16.4. The lowest BCUT2D eigenvalue weighted by Crippen LogP contribution is -2.33. The van der Waals surface area contributed by atoms with Gasteiger partial charge in [0.15, 0.2) is 0 Å². The average Bonchev–Trinajstić information content (AvgIpc) is 3.34. The van der Waals surface area contributed by atoms with Crippen LogP contribution in [0.25, 0.3) is 10.2 Å². The monoisotopic (exact) mass is 400 g/mol. The van der Waals surface area contributed by atoms with Crippen LogP contribution in [-0.4, -0.2) is 53.6 Å². The minimum absolute atomic E-state index is 0.207. The number of carbonyl (C=O) groups is 1. The third kappa shape index (κ3) is 4.95. The number of thiophene rings is 1. The van der Waals surface area contributed by atoms with Crippen molar-refractivity contribution in [3.8, 4) is 0 Å². The molecule has 0 radical (unpaired) electrons. The summed E-state index contributed by atoms with van der Waals surface area (Å²) < 4.78 is 36.9. The van der Waals surface area contributed by atoms with E-state index in [1.54, 1.807) is 0 Å². The van der Waals surface area contributed by atoms with Gasteiger partial charge in [-0.05, 0) is 52.3 Å². The molecule has 0 saturated heterocycles. The Hall–Kier alpha value is -1.74. The highest BCUT2D eigenvalue weighted by atomic mass is 32.1. The zero-order chi connectivity index (χ0) is 19.8. The van der Waals surface area contributed by atoms with Crippen molar-refractivity contribution in [2.75, 3.05) is 26.7 Å². The van der Waals surface area contributed by atoms with Gasteiger partial charge in [0.1, 0.15) is 10.7 Å². The van der Waals surface area contributed by atoms with Gasteiger partial charge in [0.2, 0.25) is 0 Å². The lowest BCUT2D eigenvalue weighted by Gasteiger charge is -2.18. The van der Waals surface area contributed by atoms with Crippen LogP contribution in [0.4, 0.5) is 13.2 Å². The Morgan fingerprint density at radius 2 is 2.00 bits per heavy atom. The number of aryl methyl sites for hydroxylation is 2. The van der Waals surface area contributed by atoms with E-state index in [2.05, 4.69) is 15.3 Å². The number of alkyl halides is 3. The lowest BCUT2D eigenvalue weighted by molar-refractivity contribution is -0.143. The normalized spacial score (nSPS) is 14.9. The fourth-order valence-electron chi connectivity index (χ4n) is 3.12. The molecule has 0 unspecified atom stereocenters. The van der Waals surface area contributed by atoms with Crippen LogP contribution in [-0.2, 0) is 0 Å². The van der Waals surface area contributed by atoms with Gasteiger partial charge in [-0.25, -0.2) is 9.97 Å². The van der Waals surface area contributed by atoms with E-state index in [1.807, 2.05) is 13.8 Å². The molecule has 0 spiro atoms. The molecule has 2 aromatic heterocycles. The Morgan fingerprint density at radius 1 is 1.30 bits per heavy atom. The van der Waals surface area contributed by atoms with Gasteiger partial charge in [0, 0.05) is 17.8 Å². The van der Waals surface area contributed by atoms with Gasteiger partial charge in [-0.15, -0.1) is 11.3 Å². The number of nitrogens with one attached hydrogen (secondary N) is 1. The van der Waals surface area contributed by atoms with Crippen molar-refractivity contribution < 1.29 is 18.0 Å². The van der Waals surface area contributed by atoms with Crippen LogP contribution < -0.4 is 5.32 Å². The van der Waals surface area contributed by atoms with E-state index in [9.17, 15) is 18.0 Å². The van der Waals surface area contributed by atoms with Gasteiger partial charge in [0.05, 0.1) is 17.1 Å². The van der Waals surface area contributed by atoms with E-state index in [-0.39, 0.29) is 12.5 Å². The third-order valence-corrected chi connectivity index (χ3v) is 5.77. The van der Waals surface area contributed by atoms with Crippen molar-refractivity contribution in [1.29, 1.82) is 0 Å². The minimum atomic E-state index is -4.20. The molecule has 5 nitrogen and oxygen atoms in total. The second-order valence-electron chi connectivity index (χ2n) is 7.14. The van der Waals surface area contributed by atoms with E-state index < -0.39 is 12.7 Å². The fourth-order valence-corrected chi connectivity index (χ4v) is 4.27. The molecule has 0 aliphatic heterocycles. The molecule has 0 bridgehead atoms. The molecule has 27 heavy (non-hydrogen) atoms. The predicted octanol–water partition coefficient (Wildman–Crippen LogP) is 3.80. The number of amides is 1. The first-order valence-electron chi connectivity index (χ1n) is 8.97. The number of fused-ring (bicyclic) bond motifs is 1. The average molecular weight is 400 g/mol. The molecule has 1 aliphatic rings. The van der Waals surface area contributed by atoms with Crippen LogP contribution in [0.15, 0.2) is 0 Å². The topological polar surface area (TPSA) is 58.1 Å². The molecular formula is C18H23F3N4OS. The Bertz CT molecular complexity index is 845. The molecule has 1 saturated carbocycles. The fraction of sp³-hybridized carbons (Fsp3) is 0.611. The van der Waals surface area contributed by atoms with Gasteiger partial charge in [-0.1, -0.05) is 0 Å². The summed E-state index contributed by atoms with van der Waals surface area (Å²) in [5.41, 5.74) is 1.75. The molecule has 0 aromatic carbocycles. The molecule has 148 valence electrons. The SMILES string of the molecule is Cc1nc(C2CC2)nc2sc(C(=O)NCCCN(C)CC(F)(F)F)c(C)c12. The molecule has 1 aliphatic carbocycles. The number of aromatic nitrogens is 2. The summed E-state index contributed by atoms with van der Waals surface area (Å²) in [6, 6.07) is 0. The van der Waals surface area contributed by atoms with Gasteiger partial charge >= 0.3 is 6.18 Å². The van der Waals surface area contributed by atoms with E-state index in [4.69, 9.17) is 0 Å². The van der Waals surface area contributed by atoms with Crippen molar-refractivity contribution in [3.05, 3.63) is 22.0 Å². The number of rotatable bonds is 7. The molecule has 2 aromatic rings. The maximum atomic E-state index is 12.5. The zero-order valence-electron chi connectivity index (χ0n) is 15.6. The van der Waals surface area contributed by atoms with Gasteiger partial charge < -0.3 is 5.32 Å². The van der Waals surface area contributed by atoms with Crippen molar-refractivity contribution in [1.82, 2.24) is 20.2 Å². The molecule has 3 rings (SSSR count). The molecule has 9 heteroatoms. The predicted molar refractivity (Wildman–Crippen MR) is 99.4 cm³/mol. The number of nitrogens with zero attached hydrogens (tertiary/aromatic N) is 3. The Labute approximate surface area is 160 Å². The van der Waals surface area contributed by atoms with Gasteiger partial charge in [0.25, 0.3) is 5.91 Å². The molecule has 1 amide bonds. The molecular weight excluding hydrogens is 377 g/mol. The van der Waals surface area contributed by atoms with Crippen LogP contribution in [0.2, 0.25) is 0 Å². The highest BCUT2D eigenvalue weighted by Gasteiger charge is 2.29. The number of hydrogen-bond acceptors (Lipinski definition) is 5. The van der Waals surface area contributed by atoms with Gasteiger partial charge in [-0.3, -0.25) is 9.69 Å². The van der Waals surface area contributed by atoms with Gasteiger partial charge in [-0.2, -0.15) is 13.2 Å². The highest BCUT2D eigenvalue weighted by Crippen LogP contribution is 2.40. The van der Waals surface area contributed by atoms with Crippen LogP contribution in [0, 0.1) is 13.8 Å². The van der Waals surface area contributed by atoms with E-state index in [1.165, 1.54) is 23.3 Å². The van der Waals surface area contributed by atoms with Crippen LogP contribution >= 0.6 is 11.3 Å². The Morgan fingerprint density at radius 3 is 2.63 bits per heavy atom. The molecule has 2 heterocycles. The largest absolute Gasteiger partial charge is 0.401 e. The summed E-state index contributed by atoms with van der Waals surface area (Å²) in [7, 11) is 1.42. The second-order valence-corrected chi connectivity index (χ2v) is 8.14. The number of hydrogen-bond donors (Lipinski definition) is 1. The summed E-state index contributed by atoms with van der Waals surface area (Å²) in [6.45, 7) is 3.47. The molecule has 1 N–H and O–H groups in total. The van der Waals surface area contributed by atoms with Crippen LogP contribution in [0.5, 0.6) is 0 Å². The van der Waals surface area contributed by atoms with E-state index in [0.717, 1.165) is 40.1 Å². The van der Waals surface area contributed by atoms with Crippen molar-refractivity contribution in [2.24, 2.45) is 0 Å². The summed E-state index contributed by atoms with van der Waals surface area (Å²) in [6.07, 6.45) is -1.52. The highest BCUT2D eigenvalue weighted by molar-refractivity contribution is 7.20. The summed E-state index contributed by atoms with van der Waals surface area (Å²) >= 11 is 1.36. The summed E-state index contributed by atoms with van der Waals surface area (Å²) in [5, 5.41) is 3.73. The first kappa shape index (κ1) is 20.0. The quantitative estimate of drug-likeness (QED) is 0.719. The van der Waals surface area contributed by atoms with Crippen molar-refractivity contribution in [3.63, 3.8) is 0 Å². The smallest absolute Gasteiger partial charge is 0.351 e. The minimum Gasteiger partial charge on any atom is -0.351 e. The maximum Gasteiger partial charge on any atom is 0.401 e. The summed E-state index contributed by atoms with van der Waals surface area (Å²) in [5.74, 6) is 1.10. The first-order valence-corrected chi connectivity index (χ1v) is 9.78. The third-order valence-electron chi connectivity index (χ3n) is 4.59. The second kappa shape index (κ2) is 7.71. The summed E-state index contributed by atoms with van der Waals surface area (Å²) in [4.78, 5) is 24.4. The van der Waals surface area contributed by atoms with E-state index in [0.29, 0.717) is 23.8 Å². The van der Waals surface area contributed by atoms with E-state index >= 15 is 0 Å². The Balaban J connectivity index is 1.61. The molecule has 1 fully saturated rings. The number of halogens is 3. The van der Waals surface area contributed by atoms with Crippen molar-refractivity contribution >= 4 is 27.5 Å². The first-order chi connectivity index (χ1) is 12.7. The van der Waals surface area contributed by atoms with Crippen LogP contribution in [0.1, 0.15) is 51.9 Å². The molecule has 0 atom stereocenters. The standard InChI is InChI=1S/C18H23F3N4OS/c1-10-13-11(2)23-15(12-5-6-12)24-17(13)27-14(10)16(26)22-7-4-8-25(3)9-18(19,20)21/h12H,4-9H2,1-3H3,(H,22,26). The number of carbonyl (C=O) groups excluding carboxylic acids is 1. The van der Waals surface area contributed by atoms with Crippen molar-refractivity contribution in [2.45, 2.75) is 45.2 Å². The lowest BCUT2D eigenvalue weighted by atomic mass is 10.1. The Kier molecular flexibility index (Phi) is 5.71. The van der Waals surface area contributed by atoms with Crippen LogP contribution in [0.3, 0.4) is 0 Å².